The Morgan fingerprint density at radius 3 is 2.41 bits per heavy atom. The molecule has 1 aliphatic rings. The normalized spacial score (nSPS) is 13.9. The first-order valence-corrected chi connectivity index (χ1v) is 13.1. The van der Waals surface area contributed by atoms with Crippen LogP contribution in [0.2, 0.25) is 5.02 Å². The number of amides is 4. The van der Waals surface area contributed by atoms with Crippen LogP contribution in [-0.4, -0.2) is 47.6 Å². The van der Waals surface area contributed by atoms with Gasteiger partial charge in [-0.25, -0.2) is 0 Å². The van der Waals surface area contributed by atoms with Gasteiger partial charge in [0.25, 0.3) is 17.1 Å². The molecule has 0 saturated carbocycles. The van der Waals surface area contributed by atoms with Gasteiger partial charge in [0.15, 0.2) is 18.1 Å². The number of nitrogens with zero attached hydrogens (tertiary/aromatic N) is 1. The number of hydrogen-bond donors (Lipinski definition) is 2. The summed E-state index contributed by atoms with van der Waals surface area (Å²) in [7, 11) is 0. The lowest BCUT2D eigenvalue weighted by Crippen LogP contribution is -2.36. The molecule has 11 heteroatoms. The number of nitrogens with one attached hydrogen (secondary N) is 2. The summed E-state index contributed by atoms with van der Waals surface area (Å²) < 4.78 is 11.3. The van der Waals surface area contributed by atoms with Gasteiger partial charge in [-0.15, -0.1) is 0 Å². The number of anilines is 2. The fourth-order valence-corrected chi connectivity index (χ4v) is 4.57. The van der Waals surface area contributed by atoms with Crippen molar-refractivity contribution in [1.82, 2.24) is 4.90 Å². The predicted octanol–water partition coefficient (Wildman–Crippen LogP) is 5.43. The van der Waals surface area contributed by atoms with Gasteiger partial charge >= 0.3 is 0 Å². The van der Waals surface area contributed by atoms with E-state index >= 15 is 0 Å². The summed E-state index contributed by atoms with van der Waals surface area (Å²) in [4.78, 5) is 51.1. The van der Waals surface area contributed by atoms with Crippen molar-refractivity contribution in [3.8, 4) is 11.5 Å². The fourth-order valence-electron chi connectivity index (χ4n) is 3.55. The zero-order chi connectivity index (χ0) is 27.8. The van der Waals surface area contributed by atoms with Crippen LogP contribution in [0.25, 0.3) is 6.08 Å². The topological polar surface area (TPSA) is 114 Å². The summed E-state index contributed by atoms with van der Waals surface area (Å²) in [5.41, 5.74) is 1.61. The van der Waals surface area contributed by atoms with E-state index in [0.717, 1.165) is 16.7 Å². The van der Waals surface area contributed by atoms with E-state index in [0.29, 0.717) is 40.1 Å². The van der Waals surface area contributed by atoms with Crippen LogP contribution in [0.1, 0.15) is 12.5 Å². The second-order valence-corrected chi connectivity index (χ2v) is 9.54. The highest BCUT2D eigenvalue weighted by atomic mass is 35.5. The number of thioether (sulfide) groups is 1. The van der Waals surface area contributed by atoms with Crippen LogP contribution in [0.3, 0.4) is 0 Å². The lowest BCUT2D eigenvalue weighted by molar-refractivity contribution is -0.127. The Labute approximate surface area is 234 Å². The van der Waals surface area contributed by atoms with Gasteiger partial charge in [-0.05, 0) is 66.7 Å². The highest BCUT2D eigenvalue weighted by Crippen LogP contribution is 2.34. The molecule has 4 rings (SSSR count). The summed E-state index contributed by atoms with van der Waals surface area (Å²) in [6.45, 7) is 1.45. The zero-order valence-corrected chi connectivity index (χ0v) is 22.4. The predicted molar refractivity (Wildman–Crippen MR) is 151 cm³/mol. The number of benzene rings is 3. The van der Waals surface area contributed by atoms with Crippen molar-refractivity contribution >= 4 is 63.8 Å². The number of hydrogen-bond acceptors (Lipinski definition) is 7. The third-order valence-corrected chi connectivity index (χ3v) is 6.54. The third kappa shape index (κ3) is 7.40. The molecule has 0 bridgehead atoms. The maximum absolute atomic E-state index is 12.9. The van der Waals surface area contributed by atoms with Gasteiger partial charge in [0.2, 0.25) is 5.91 Å². The van der Waals surface area contributed by atoms with E-state index in [1.165, 1.54) is 6.08 Å². The Balaban J connectivity index is 1.41. The molecule has 0 aliphatic carbocycles. The minimum atomic E-state index is -0.567. The maximum atomic E-state index is 12.9. The molecule has 200 valence electrons. The van der Waals surface area contributed by atoms with E-state index in [9.17, 15) is 19.2 Å². The quantitative estimate of drug-likeness (QED) is 0.315. The SMILES string of the molecule is CCOc1cc(/C=C2\SC(=O)N(CC(=O)Nc3ccccc3)C2=O)ccc1OCC(=O)Nc1ccccc1Cl. The fraction of sp³-hybridized carbons (Fsp3) is 0.143. The Hall–Kier alpha value is -4.28. The van der Waals surface area contributed by atoms with Crippen molar-refractivity contribution in [3.05, 3.63) is 88.3 Å². The molecule has 1 fully saturated rings. The molecule has 3 aromatic carbocycles. The van der Waals surface area contributed by atoms with Crippen LogP contribution in [0.15, 0.2) is 77.7 Å². The molecule has 3 aromatic rings. The first kappa shape index (κ1) is 27.7. The third-order valence-electron chi connectivity index (χ3n) is 5.30. The molecule has 1 saturated heterocycles. The van der Waals surface area contributed by atoms with Crippen LogP contribution in [0.5, 0.6) is 11.5 Å². The van der Waals surface area contributed by atoms with Gasteiger partial charge in [-0.2, -0.15) is 0 Å². The minimum absolute atomic E-state index is 0.169. The molecule has 9 nitrogen and oxygen atoms in total. The first-order chi connectivity index (χ1) is 18.8. The van der Waals surface area contributed by atoms with Crippen molar-refractivity contribution < 1.29 is 28.7 Å². The van der Waals surface area contributed by atoms with Crippen molar-refractivity contribution in [2.45, 2.75) is 6.92 Å². The molecule has 2 N–H and O–H groups in total. The molecule has 0 radical (unpaired) electrons. The molecule has 4 amide bonds. The van der Waals surface area contributed by atoms with E-state index in [1.807, 2.05) is 6.07 Å². The standard InChI is InChI=1S/C28H24ClN3O6S/c1-2-37-23-14-18(12-13-22(23)38-17-26(34)31-21-11-7-6-10-20(21)29)15-24-27(35)32(28(36)39-24)16-25(33)30-19-8-4-3-5-9-19/h3-15H,2,16-17H2,1H3,(H,30,33)(H,31,34)/b24-15-. The summed E-state index contributed by atoms with van der Waals surface area (Å²) in [6, 6.07) is 20.5. The Morgan fingerprint density at radius 1 is 0.923 bits per heavy atom. The Kier molecular flexibility index (Phi) is 9.24. The number of imide groups is 1. The molecule has 0 unspecified atom stereocenters. The highest BCUT2D eigenvalue weighted by molar-refractivity contribution is 8.18. The van der Waals surface area contributed by atoms with Gasteiger partial charge in [0.1, 0.15) is 6.54 Å². The van der Waals surface area contributed by atoms with Crippen LogP contribution in [-0.2, 0) is 14.4 Å². The van der Waals surface area contributed by atoms with Crippen LogP contribution < -0.4 is 20.1 Å². The van der Waals surface area contributed by atoms with Crippen molar-refractivity contribution in [1.29, 1.82) is 0 Å². The summed E-state index contributed by atoms with van der Waals surface area (Å²) in [6.07, 6.45) is 1.54. The average Bonchev–Trinajstić information content (AvgIpc) is 3.17. The number of carbonyl (C=O) groups excluding carboxylic acids is 4. The highest BCUT2D eigenvalue weighted by Gasteiger charge is 2.36. The molecule has 1 aliphatic heterocycles. The number of carbonyl (C=O) groups is 4. The molecule has 0 atom stereocenters. The largest absolute Gasteiger partial charge is 0.490 e. The van der Waals surface area contributed by atoms with Gasteiger partial charge in [0, 0.05) is 5.69 Å². The molecular formula is C28H24ClN3O6S. The second kappa shape index (κ2) is 13.0. The minimum Gasteiger partial charge on any atom is -0.490 e. The molecule has 0 spiro atoms. The van der Waals surface area contributed by atoms with Crippen molar-refractivity contribution in [2.75, 3.05) is 30.4 Å². The number of ether oxygens (including phenoxy) is 2. The van der Waals surface area contributed by atoms with E-state index < -0.39 is 29.5 Å². The molecule has 39 heavy (non-hydrogen) atoms. The van der Waals surface area contributed by atoms with Gasteiger partial charge < -0.3 is 20.1 Å². The molecule has 1 heterocycles. The first-order valence-electron chi connectivity index (χ1n) is 11.9. The van der Waals surface area contributed by atoms with Gasteiger partial charge in [0.05, 0.1) is 22.2 Å². The van der Waals surface area contributed by atoms with Crippen LogP contribution in [0, 0.1) is 0 Å². The van der Waals surface area contributed by atoms with Crippen LogP contribution in [0.4, 0.5) is 16.2 Å². The summed E-state index contributed by atoms with van der Waals surface area (Å²) in [5, 5.41) is 5.21. The van der Waals surface area contributed by atoms with Crippen LogP contribution >= 0.6 is 23.4 Å². The average molecular weight is 566 g/mol. The summed E-state index contributed by atoms with van der Waals surface area (Å²) >= 11 is 6.82. The van der Waals surface area contributed by atoms with E-state index in [1.54, 1.807) is 73.7 Å². The maximum Gasteiger partial charge on any atom is 0.294 e. The smallest absolute Gasteiger partial charge is 0.294 e. The zero-order valence-electron chi connectivity index (χ0n) is 20.8. The van der Waals surface area contributed by atoms with E-state index in [-0.39, 0.29) is 11.5 Å². The van der Waals surface area contributed by atoms with E-state index in [4.69, 9.17) is 21.1 Å². The number of para-hydroxylation sites is 2. The number of rotatable bonds is 10. The lowest BCUT2D eigenvalue weighted by atomic mass is 10.2. The summed E-state index contributed by atoms with van der Waals surface area (Å²) in [5.74, 6) is -0.766. The lowest BCUT2D eigenvalue weighted by Gasteiger charge is -2.13. The Bertz CT molecular complexity index is 1430. The van der Waals surface area contributed by atoms with Crippen molar-refractivity contribution in [3.63, 3.8) is 0 Å². The van der Waals surface area contributed by atoms with Gasteiger partial charge in [-0.1, -0.05) is 48.0 Å². The second-order valence-electron chi connectivity index (χ2n) is 8.14. The van der Waals surface area contributed by atoms with Crippen molar-refractivity contribution in [2.24, 2.45) is 0 Å². The Morgan fingerprint density at radius 2 is 1.67 bits per heavy atom. The monoisotopic (exact) mass is 565 g/mol. The molecule has 0 aromatic heterocycles. The van der Waals surface area contributed by atoms with E-state index in [2.05, 4.69) is 10.6 Å². The molecular weight excluding hydrogens is 542 g/mol. The number of halogens is 1. The van der Waals surface area contributed by atoms with Gasteiger partial charge in [-0.3, -0.25) is 24.1 Å².